The van der Waals surface area contributed by atoms with Crippen LogP contribution in [0.2, 0.25) is 0 Å². The average molecular weight is 396 g/mol. The molecule has 28 heavy (non-hydrogen) atoms. The number of thioether (sulfide) groups is 1. The first-order chi connectivity index (χ1) is 13.7. The number of nitrogens with zero attached hydrogens (tertiary/aromatic N) is 6. The lowest BCUT2D eigenvalue weighted by Crippen LogP contribution is -2.49. The lowest BCUT2D eigenvalue weighted by Gasteiger charge is -2.34. The maximum absolute atomic E-state index is 12.5. The maximum atomic E-state index is 12.5. The molecular weight excluding hydrogens is 376 g/mol. The quantitative estimate of drug-likeness (QED) is 0.607. The minimum Gasteiger partial charge on any atom is -0.411 e. The van der Waals surface area contributed by atoms with Gasteiger partial charge in [-0.1, -0.05) is 29.5 Å². The van der Waals surface area contributed by atoms with Crippen LogP contribution < -0.4 is 4.90 Å². The highest BCUT2D eigenvalue weighted by atomic mass is 32.2. The van der Waals surface area contributed by atoms with Crippen molar-refractivity contribution >= 4 is 23.6 Å². The molecule has 0 saturated carbocycles. The minimum atomic E-state index is 0.0636. The SMILES string of the molecule is Cc1ccc(-c2nnc(SCC(=O)N3CCN(c4ncccn4)CC3)o2)cc1. The molecule has 1 aliphatic rings. The summed E-state index contributed by atoms with van der Waals surface area (Å²) < 4.78 is 5.67. The molecule has 0 bridgehead atoms. The smallest absolute Gasteiger partial charge is 0.277 e. The van der Waals surface area contributed by atoms with E-state index in [1.165, 1.54) is 17.3 Å². The van der Waals surface area contributed by atoms with Gasteiger partial charge in [0, 0.05) is 44.1 Å². The largest absolute Gasteiger partial charge is 0.411 e. The maximum Gasteiger partial charge on any atom is 0.277 e. The lowest BCUT2D eigenvalue weighted by molar-refractivity contribution is -0.128. The van der Waals surface area contributed by atoms with E-state index in [4.69, 9.17) is 4.42 Å². The number of carbonyl (C=O) groups excluding carboxylic acids is 1. The molecule has 8 nitrogen and oxygen atoms in total. The van der Waals surface area contributed by atoms with Gasteiger partial charge in [0.15, 0.2) is 0 Å². The van der Waals surface area contributed by atoms with Gasteiger partial charge in [-0.25, -0.2) is 9.97 Å². The number of anilines is 1. The van der Waals surface area contributed by atoms with E-state index in [1.54, 1.807) is 18.5 Å². The van der Waals surface area contributed by atoms with Gasteiger partial charge in [-0.2, -0.15) is 0 Å². The van der Waals surface area contributed by atoms with Crippen molar-refractivity contribution in [2.24, 2.45) is 0 Å². The van der Waals surface area contributed by atoms with Crippen LogP contribution >= 0.6 is 11.8 Å². The van der Waals surface area contributed by atoms with Crippen LogP contribution in [-0.2, 0) is 4.79 Å². The van der Waals surface area contributed by atoms with Gasteiger partial charge in [0.1, 0.15) is 0 Å². The van der Waals surface area contributed by atoms with Crippen molar-refractivity contribution < 1.29 is 9.21 Å². The average Bonchev–Trinajstić information content (AvgIpc) is 3.22. The second-order valence-corrected chi connectivity index (χ2v) is 7.37. The monoisotopic (exact) mass is 396 g/mol. The molecule has 0 radical (unpaired) electrons. The van der Waals surface area contributed by atoms with Crippen LogP contribution in [0.1, 0.15) is 5.56 Å². The third-order valence-corrected chi connectivity index (χ3v) is 5.29. The summed E-state index contributed by atoms with van der Waals surface area (Å²) in [7, 11) is 0. The van der Waals surface area contributed by atoms with Crippen molar-refractivity contribution in [1.29, 1.82) is 0 Å². The van der Waals surface area contributed by atoms with Crippen LogP contribution in [0.4, 0.5) is 5.95 Å². The van der Waals surface area contributed by atoms with Gasteiger partial charge in [0.25, 0.3) is 5.22 Å². The van der Waals surface area contributed by atoms with Gasteiger partial charge in [0.05, 0.1) is 5.75 Å². The summed E-state index contributed by atoms with van der Waals surface area (Å²) in [6, 6.07) is 9.67. The lowest BCUT2D eigenvalue weighted by atomic mass is 10.1. The Morgan fingerprint density at radius 2 is 1.79 bits per heavy atom. The number of benzene rings is 1. The predicted molar refractivity (Wildman–Crippen MR) is 106 cm³/mol. The molecule has 2 aromatic heterocycles. The molecular formula is C19H20N6O2S. The van der Waals surface area contributed by atoms with E-state index in [0.29, 0.717) is 30.2 Å². The van der Waals surface area contributed by atoms with E-state index in [1.807, 2.05) is 36.1 Å². The zero-order valence-electron chi connectivity index (χ0n) is 15.5. The zero-order chi connectivity index (χ0) is 19.3. The number of aromatic nitrogens is 4. The molecule has 0 unspecified atom stereocenters. The highest BCUT2D eigenvalue weighted by molar-refractivity contribution is 7.99. The summed E-state index contributed by atoms with van der Waals surface area (Å²) in [5, 5.41) is 8.50. The Kier molecular flexibility index (Phi) is 5.52. The van der Waals surface area contributed by atoms with Gasteiger partial charge >= 0.3 is 0 Å². The van der Waals surface area contributed by atoms with Gasteiger partial charge in [0.2, 0.25) is 17.7 Å². The molecule has 1 fully saturated rings. The summed E-state index contributed by atoms with van der Waals surface area (Å²) in [4.78, 5) is 25.0. The number of piperazine rings is 1. The predicted octanol–water partition coefficient (Wildman–Crippen LogP) is 2.28. The number of hydrogen-bond donors (Lipinski definition) is 0. The van der Waals surface area contributed by atoms with Crippen LogP contribution in [0, 0.1) is 6.92 Å². The summed E-state index contributed by atoms with van der Waals surface area (Å²) in [6.45, 7) is 4.76. The second-order valence-electron chi connectivity index (χ2n) is 6.44. The first-order valence-corrected chi connectivity index (χ1v) is 10.0. The van der Waals surface area contributed by atoms with Crippen LogP contribution in [-0.4, -0.2) is 62.9 Å². The van der Waals surface area contributed by atoms with Crippen LogP contribution in [0.15, 0.2) is 52.4 Å². The van der Waals surface area contributed by atoms with Gasteiger partial charge < -0.3 is 14.2 Å². The topological polar surface area (TPSA) is 88.3 Å². The molecule has 0 aliphatic carbocycles. The Balaban J connectivity index is 1.28. The fourth-order valence-corrected chi connectivity index (χ4v) is 3.57. The first kappa shape index (κ1) is 18.4. The van der Waals surface area contributed by atoms with Gasteiger partial charge in [-0.05, 0) is 25.1 Å². The Labute approximate surface area is 167 Å². The van der Waals surface area contributed by atoms with E-state index < -0.39 is 0 Å². The standard InChI is InChI=1S/C19H20N6O2S/c1-14-3-5-15(6-4-14)17-22-23-19(27-17)28-13-16(26)24-9-11-25(12-10-24)18-20-7-2-8-21-18/h2-8H,9-13H2,1H3. The summed E-state index contributed by atoms with van der Waals surface area (Å²) >= 11 is 1.27. The number of aryl methyl sites for hydroxylation is 1. The van der Waals surface area contributed by atoms with Crippen molar-refractivity contribution in [2.45, 2.75) is 12.1 Å². The van der Waals surface area contributed by atoms with Crippen LogP contribution in [0.25, 0.3) is 11.5 Å². The van der Waals surface area contributed by atoms with Crippen molar-refractivity contribution in [2.75, 3.05) is 36.8 Å². The molecule has 3 aromatic rings. The number of rotatable bonds is 5. The minimum absolute atomic E-state index is 0.0636. The van der Waals surface area contributed by atoms with Crippen LogP contribution in [0.3, 0.4) is 0 Å². The first-order valence-electron chi connectivity index (χ1n) is 9.02. The molecule has 1 saturated heterocycles. The molecule has 0 N–H and O–H groups in total. The normalized spacial score (nSPS) is 14.3. The number of amides is 1. The molecule has 0 spiro atoms. The molecule has 4 rings (SSSR count). The van der Waals surface area contributed by atoms with E-state index in [-0.39, 0.29) is 11.7 Å². The van der Waals surface area contributed by atoms with E-state index in [0.717, 1.165) is 18.7 Å². The summed E-state index contributed by atoms with van der Waals surface area (Å²) in [5.41, 5.74) is 2.04. The van der Waals surface area contributed by atoms with Gasteiger partial charge in [-0.15, -0.1) is 10.2 Å². The molecule has 1 amide bonds. The molecule has 3 heterocycles. The summed E-state index contributed by atoms with van der Waals surface area (Å²) in [6.07, 6.45) is 3.46. The second kappa shape index (κ2) is 8.39. The van der Waals surface area contributed by atoms with E-state index >= 15 is 0 Å². The van der Waals surface area contributed by atoms with Crippen molar-refractivity contribution in [3.63, 3.8) is 0 Å². The number of carbonyl (C=O) groups is 1. The van der Waals surface area contributed by atoms with E-state index in [2.05, 4.69) is 25.1 Å². The summed E-state index contributed by atoms with van der Waals surface area (Å²) in [5.74, 6) is 1.51. The fourth-order valence-electron chi connectivity index (χ4n) is 2.91. The third-order valence-electron chi connectivity index (χ3n) is 4.49. The Morgan fingerprint density at radius 1 is 1.07 bits per heavy atom. The Bertz CT molecular complexity index is 923. The molecule has 144 valence electrons. The van der Waals surface area contributed by atoms with Crippen molar-refractivity contribution in [3.05, 3.63) is 48.3 Å². The van der Waals surface area contributed by atoms with Crippen molar-refractivity contribution in [3.8, 4) is 11.5 Å². The molecule has 9 heteroatoms. The van der Waals surface area contributed by atoms with E-state index in [9.17, 15) is 4.79 Å². The highest BCUT2D eigenvalue weighted by Crippen LogP contribution is 2.23. The van der Waals surface area contributed by atoms with Gasteiger partial charge in [-0.3, -0.25) is 4.79 Å². The van der Waals surface area contributed by atoms with Crippen molar-refractivity contribution in [1.82, 2.24) is 25.1 Å². The molecule has 1 aliphatic heterocycles. The zero-order valence-corrected chi connectivity index (χ0v) is 16.3. The Hall–Kier alpha value is -2.94. The Morgan fingerprint density at radius 3 is 2.50 bits per heavy atom. The highest BCUT2D eigenvalue weighted by Gasteiger charge is 2.23. The van der Waals surface area contributed by atoms with Crippen LogP contribution in [0.5, 0.6) is 0 Å². The molecule has 1 aromatic carbocycles. The third kappa shape index (κ3) is 4.30. The number of hydrogen-bond acceptors (Lipinski definition) is 8. The molecule has 0 atom stereocenters. The fraction of sp³-hybridized carbons (Fsp3) is 0.316.